The van der Waals surface area contributed by atoms with Crippen LogP contribution in [0.25, 0.3) is 0 Å². The van der Waals surface area contributed by atoms with E-state index in [0.29, 0.717) is 11.5 Å². The number of rotatable bonds is 6. The van der Waals surface area contributed by atoms with Gasteiger partial charge in [-0.3, -0.25) is 4.99 Å². The largest absolute Gasteiger partial charge is 0.493 e. The van der Waals surface area contributed by atoms with Gasteiger partial charge in [0.2, 0.25) is 0 Å². The van der Waals surface area contributed by atoms with Crippen LogP contribution in [-0.4, -0.2) is 20.9 Å². The lowest BCUT2D eigenvalue weighted by molar-refractivity contribution is 0.351. The summed E-state index contributed by atoms with van der Waals surface area (Å²) in [7, 11) is 3.24. The van der Waals surface area contributed by atoms with Crippen molar-refractivity contribution in [3.8, 4) is 17.6 Å². The van der Waals surface area contributed by atoms with Crippen molar-refractivity contribution in [3.63, 3.8) is 0 Å². The molecular formula is C18H20N2O2. The lowest BCUT2D eigenvalue weighted by atomic mass is 10.0. The Hall–Kier alpha value is -2.54. The number of hydrogen-bond donors (Lipinski definition) is 0. The molecule has 0 N–H and O–H groups in total. The first-order valence-electron chi connectivity index (χ1n) is 7.09. The molecular weight excluding hydrogens is 276 g/mol. The van der Waals surface area contributed by atoms with Crippen molar-refractivity contribution in [3.05, 3.63) is 47.7 Å². The molecule has 0 aliphatic heterocycles. The number of nitriles is 1. The summed E-state index contributed by atoms with van der Waals surface area (Å²) in [4.78, 5) is 3.68. The first-order chi connectivity index (χ1) is 10.7. The fraction of sp³-hybridized carbons (Fsp3) is 0.333. The summed E-state index contributed by atoms with van der Waals surface area (Å²) in [6.45, 7) is 5.44. The van der Waals surface area contributed by atoms with Crippen molar-refractivity contribution in [2.75, 3.05) is 14.2 Å². The number of hydrogen-bond acceptors (Lipinski definition) is 4. The molecule has 1 aliphatic rings. The van der Waals surface area contributed by atoms with Crippen molar-refractivity contribution in [2.45, 2.75) is 12.8 Å². The first kappa shape index (κ1) is 15.8. The van der Waals surface area contributed by atoms with Crippen molar-refractivity contribution < 1.29 is 9.47 Å². The number of para-hydroxylation sites is 1. The number of ether oxygens (including phenoxy) is 2. The molecule has 1 aromatic carbocycles. The van der Waals surface area contributed by atoms with Crippen LogP contribution in [-0.2, 0) is 0 Å². The molecule has 0 bridgehead atoms. The van der Waals surface area contributed by atoms with Crippen LogP contribution in [0.4, 0.5) is 0 Å². The van der Waals surface area contributed by atoms with Gasteiger partial charge in [0.25, 0.3) is 0 Å². The van der Waals surface area contributed by atoms with Crippen LogP contribution in [0.15, 0.2) is 47.1 Å². The lowest BCUT2D eigenvalue weighted by Gasteiger charge is -2.12. The van der Waals surface area contributed by atoms with E-state index < -0.39 is 0 Å². The second-order valence-corrected chi connectivity index (χ2v) is 5.22. The Balaban J connectivity index is 2.34. The van der Waals surface area contributed by atoms with Crippen LogP contribution >= 0.6 is 0 Å². The molecule has 0 radical (unpaired) electrons. The summed E-state index contributed by atoms with van der Waals surface area (Å²) in [6.07, 6.45) is 5.46. The van der Waals surface area contributed by atoms with E-state index in [1.165, 1.54) is 0 Å². The molecule has 0 amide bonds. The number of aliphatic imine (C=N–C) groups is 1. The minimum atomic E-state index is -0.0395. The molecule has 3 atom stereocenters. The molecule has 4 nitrogen and oxygen atoms in total. The van der Waals surface area contributed by atoms with Gasteiger partial charge >= 0.3 is 0 Å². The highest BCUT2D eigenvalue weighted by Gasteiger charge is 2.53. The molecule has 1 fully saturated rings. The van der Waals surface area contributed by atoms with Gasteiger partial charge in [0.05, 0.1) is 26.2 Å². The average Bonchev–Trinajstić information content (AvgIpc) is 3.28. The number of methoxy groups -OCH3 is 2. The van der Waals surface area contributed by atoms with Crippen molar-refractivity contribution in [1.82, 2.24) is 0 Å². The minimum Gasteiger partial charge on any atom is -0.493 e. The fourth-order valence-corrected chi connectivity index (χ4v) is 2.97. The van der Waals surface area contributed by atoms with Crippen LogP contribution in [0.2, 0.25) is 0 Å². The van der Waals surface area contributed by atoms with Gasteiger partial charge in [-0.05, 0) is 25.8 Å². The van der Waals surface area contributed by atoms with Crippen LogP contribution in [0.5, 0.6) is 11.5 Å². The molecule has 3 unspecified atom stereocenters. The third-order valence-electron chi connectivity index (χ3n) is 4.04. The zero-order valence-corrected chi connectivity index (χ0v) is 13.1. The van der Waals surface area contributed by atoms with Crippen molar-refractivity contribution in [1.29, 1.82) is 5.26 Å². The zero-order valence-electron chi connectivity index (χ0n) is 13.1. The van der Waals surface area contributed by atoms with Gasteiger partial charge in [-0.15, -0.1) is 0 Å². The van der Waals surface area contributed by atoms with Crippen molar-refractivity contribution >= 4 is 6.72 Å². The Morgan fingerprint density at radius 3 is 2.73 bits per heavy atom. The molecule has 114 valence electrons. The number of nitrogens with zero attached hydrogens (tertiary/aromatic N) is 2. The van der Waals surface area contributed by atoms with E-state index in [9.17, 15) is 5.26 Å². The monoisotopic (exact) mass is 296 g/mol. The minimum absolute atomic E-state index is 0.0395. The second-order valence-electron chi connectivity index (χ2n) is 5.22. The smallest absolute Gasteiger partial charge is 0.164 e. The van der Waals surface area contributed by atoms with Gasteiger partial charge in [-0.2, -0.15) is 5.26 Å². The molecule has 1 aromatic rings. The summed E-state index contributed by atoms with van der Waals surface area (Å²) >= 11 is 0. The Morgan fingerprint density at radius 2 is 2.14 bits per heavy atom. The van der Waals surface area contributed by atoms with Gasteiger partial charge < -0.3 is 9.47 Å². The molecule has 0 spiro atoms. The standard InChI is InChI=1S/C18H20N2O2/c1-12(7-6-10-20-2)16-14(11-19)17(16)13-8-5-9-15(21-3)18(13)22-4/h5-10,14,16-17H,2H2,1,3-4H3. The highest BCUT2D eigenvalue weighted by molar-refractivity contribution is 5.53. The van der Waals surface area contributed by atoms with E-state index in [0.717, 1.165) is 11.1 Å². The normalized spacial score (nSPS) is 23.9. The maximum atomic E-state index is 9.42. The summed E-state index contributed by atoms with van der Waals surface area (Å²) in [5.74, 6) is 1.70. The third kappa shape index (κ3) is 2.89. The second kappa shape index (κ2) is 6.95. The molecule has 2 rings (SSSR count). The van der Waals surface area contributed by atoms with Gasteiger partial charge in [-0.25, -0.2) is 0 Å². The molecule has 0 heterocycles. The summed E-state index contributed by atoms with van der Waals surface area (Å²) < 4.78 is 10.8. The van der Waals surface area contributed by atoms with Gasteiger partial charge in [0.1, 0.15) is 0 Å². The maximum absolute atomic E-state index is 9.42. The third-order valence-corrected chi connectivity index (χ3v) is 4.04. The van der Waals surface area contributed by atoms with E-state index in [1.54, 1.807) is 20.4 Å². The quantitative estimate of drug-likeness (QED) is 0.594. The highest BCUT2D eigenvalue weighted by Crippen LogP contribution is 2.60. The zero-order chi connectivity index (χ0) is 16.1. The number of benzene rings is 1. The molecule has 0 saturated heterocycles. The predicted octanol–water partition coefficient (Wildman–Crippen LogP) is 3.72. The van der Waals surface area contributed by atoms with Crippen LogP contribution in [0.3, 0.4) is 0 Å². The van der Waals surface area contributed by atoms with E-state index in [2.05, 4.69) is 17.8 Å². The van der Waals surface area contributed by atoms with E-state index in [1.807, 2.05) is 37.3 Å². The highest BCUT2D eigenvalue weighted by atomic mass is 16.5. The lowest BCUT2D eigenvalue weighted by Crippen LogP contribution is -1.96. The Labute approximate surface area is 131 Å². The molecule has 1 saturated carbocycles. The summed E-state index contributed by atoms with van der Waals surface area (Å²) in [5.41, 5.74) is 2.18. The predicted molar refractivity (Wildman–Crippen MR) is 87.3 cm³/mol. The van der Waals surface area contributed by atoms with Crippen molar-refractivity contribution in [2.24, 2.45) is 16.8 Å². The van der Waals surface area contributed by atoms with E-state index in [4.69, 9.17) is 9.47 Å². The van der Waals surface area contributed by atoms with E-state index in [-0.39, 0.29) is 17.8 Å². The Kier molecular flexibility index (Phi) is 5.00. The van der Waals surface area contributed by atoms with Gasteiger partial charge in [0, 0.05) is 23.6 Å². The molecule has 22 heavy (non-hydrogen) atoms. The van der Waals surface area contributed by atoms with Gasteiger partial charge in [0.15, 0.2) is 11.5 Å². The van der Waals surface area contributed by atoms with Crippen LogP contribution < -0.4 is 9.47 Å². The average molecular weight is 296 g/mol. The van der Waals surface area contributed by atoms with Crippen LogP contribution in [0, 0.1) is 23.2 Å². The SMILES string of the molecule is C=NC=CC=C(C)C1C(C#N)C1c1cccc(OC)c1OC. The first-order valence-corrected chi connectivity index (χ1v) is 7.09. The van der Waals surface area contributed by atoms with E-state index >= 15 is 0 Å². The Morgan fingerprint density at radius 1 is 1.36 bits per heavy atom. The molecule has 1 aliphatic carbocycles. The number of allylic oxidation sites excluding steroid dienone is 3. The van der Waals surface area contributed by atoms with Gasteiger partial charge in [-0.1, -0.05) is 23.8 Å². The maximum Gasteiger partial charge on any atom is 0.164 e. The van der Waals surface area contributed by atoms with Crippen LogP contribution in [0.1, 0.15) is 18.4 Å². The fourth-order valence-electron chi connectivity index (χ4n) is 2.97. The Bertz CT molecular complexity index is 656. The summed E-state index contributed by atoms with van der Waals surface area (Å²) in [6, 6.07) is 8.20. The molecule has 0 aromatic heterocycles. The topological polar surface area (TPSA) is 54.6 Å². The molecule has 4 heteroatoms. The summed E-state index contributed by atoms with van der Waals surface area (Å²) in [5, 5.41) is 9.42.